The minimum absolute atomic E-state index is 0. The lowest BCUT2D eigenvalue weighted by Crippen LogP contribution is -2.50. The molecule has 1 rings (SSSR count). The molecule has 0 aromatic rings. The van der Waals surface area contributed by atoms with E-state index in [0.29, 0.717) is 0 Å². The van der Waals surface area contributed by atoms with Crippen LogP contribution in [-0.4, -0.2) is 52.0 Å². The Balaban J connectivity index is 0.00000289. The normalized spacial score (nSPS) is 18.9. The van der Waals surface area contributed by atoms with Gasteiger partial charge >= 0.3 is 0 Å². The fraction of sp³-hybridized carbons (Fsp3) is 0.917. The van der Waals surface area contributed by atoms with E-state index >= 15 is 0 Å². The van der Waals surface area contributed by atoms with Gasteiger partial charge in [0.15, 0.2) is 5.96 Å². The Morgan fingerprint density at radius 3 is 2.50 bits per heavy atom. The lowest BCUT2D eigenvalue weighted by molar-refractivity contribution is -0.0855. The van der Waals surface area contributed by atoms with Crippen LogP contribution in [0.25, 0.3) is 0 Å². The van der Waals surface area contributed by atoms with Crippen molar-refractivity contribution < 1.29 is 9.47 Å². The Morgan fingerprint density at radius 1 is 1.33 bits per heavy atom. The first-order chi connectivity index (χ1) is 8.26. The molecule has 0 radical (unpaired) electrons. The molecule has 0 atom stereocenters. The van der Waals surface area contributed by atoms with Crippen molar-refractivity contribution in [1.29, 1.82) is 0 Å². The van der Waals surface area contributed by atoms with Crippen molar-refractivity contribution in [2.45, 2.75) is 31.8 Å². The predicted molar refractivity (Wildman–Crippen MR) is 84.9 cm³/mol. The van der Waals surface area contributed by atoms with Crippen LogP contribution in [0.2, 0.25) is 0 Å². The van der Waals surface area contributed by atoms with Gasteiger partial charge in [0.2, 0.25) is 0 Å². The highest BCUT2D eigenvalue weighted by atomic mass is 127. The van der Waals surface area contributed by atoms with Gasteiger partial charge < -0.3 is 20.1 Å². The van der Waals surface area contributed by atoms with E-state index in [1.807, 2.05) is 0 Å². The van der Waals surface area contributed by atoms with Gasteiger partial charge in [-0.3, -0.25) is 4.99 Å². The first kappa shape index (κ1) is 17.9. The molecule has 2 N–H and O–H groups in total. The molecule has 6 heteroatoms. The maximum absolute atomic E-state index is 5.65. The number of aliphatic imine (C=N–C) groups is 1. The monoisotopic (exact) mass is 371 g/mol. The molecular weight excluding hydrogens is 345 g/mol. The summed E-state index contributed by atoms with van der Waals surface area (Å²) in [4.78, 5) is 4.18. The van der Waals surface area contributed by atoms with Crippen LogP contribution < -0.4 is 10.6 Å². The van der Waals surface area contributed by atoms with Crippen LogP contribution in [0.3, 0.4) is 0 Å². The van der Waals surface area contributed by atoms with Crippen LogP contribution in [0, 0.1) is 0 Å². The Labute approximate surface area is 127 Å². The van der Waals surface area contributed by atoms with Crippen molar-refractivity contribution >= 4 is 29.9 Å². The number of halogens is 1. The summed E-state index contributed by atoms with van der Waals surface area (Å²) in [5.41, 5.74) is -0.109. The minimum Gasteiger partial charge on any atom is -0.381 e. The van der Waals surface area contributed by atoms with Gasteiger partial charge in [0.25, 0.3) is 0 Å². The van der Waals surface area contributed by atoms with E-state index in [-0.39, 0.29) is 29.6 Å². The molecular formula is C12H26IN3O2. The summed E-state index contributed by atoms with van der Waals surface area (Å²) in [7, 11) is 3.56. The quantitative estimate of drug-likeness (QED) is 0.436. The molecule has 5 nitrogen and oxygen atoms in total. The fourth-order valence-corrected chi connectivity index (χ4v) is 1.91. The Kier molecular flexibility index (Phi) is 9.76. The summed E-state index contributed by atoms with van der Waals surface area (Å²) in [5, 5.41) is 6.58. The smallest absolute Gasteiger partial charge is 0.191 e. The third kappa shape index (κ3) is 5.71. The van der Waals surface area contributed by atoms with Crippen LogP contribution in [0.4, 0.5) is 0 Å². The van der Waals surface area contributed by atoms with E-state index in [1.54, 1.807) is 14.2 Å². The maximum atomic E-state index is 5.65. The van der Waals surface area contributed by atoms with Crippen LogP contribution in [0.1, 0.15) is 26.2 Å². The van der Waals surface area contributed by atoms with Crippen molar-refractivity contribution in [2.75, 3.05) is 40.5 Å². The number of guanidine groups is 1. The van der Waals surface area contributed by atoms with Gasteiger partial charge in [-0.2, -0.15) is 0 Å². The van der Waals surface area contributed by atoms with Crippen LogP contribution in [-0.2, 0) is 9.47 Å². The Morgan fingerprint density at radius 2 is 2.00 bits per heavy atom. The summed E-state index contributed by atoms with van der Waals surface area (Å²) in [6, 6.07) is 0. The first-order valence-electron chi connectivity index (χ1n) is 6.34. The number of nitrogens with zero attached hydrogens (tertiary/aromatic N) is 1. The van der Waals surface area contributed by atoms with Crippen LogP contribution in [0.5, 0.6) is 0 Å². The average Bonchev–Trinajstić information content (AvgIpc) is 2.40. The van der Waals surface area contributed by atoms with E-state index in [4.69, 9.17) is 9.47 Å². The van der Waals surface area contributed by atoms with E-state index in [1.165, 1.54) is 0 Å². The molecule has 0 aliphatic carbocycles. The lowest BCUT2D eigenvalue weighted by Gasteiger charge is -2.36. The summed E-state index contributed by atoms with van der Waals surface area (Å²) in [6.45, 7) is 5.39. The molecule has 0 bridgehead atoms. The number of hydrogen-bond acceptors (Lipinski definition) is 3. The number of ether oxygens (including phenoxy) is 2. The molecule has 0 amide bonds. The molecule has 1 heterocycles. The fourth-order valence-electron chi connectivity index (χ4n) is 1.91. The maximum Gasteiger partial charge on any atom is 0.191 e. The Bertz CT molecular complexity index is 243. The van der Waals surface area contributed by atoms with E-state index in [0.717, 1.165) is 51.5 Å². The van der Waals surface area contributed by atoms with Crippen molar-refractivity contribution in [1.82, 2.24) is 10.6 Å². The van der Waals surface area contributed by atoms with Gasteiger partial charge in [-0.05, 0) is 6.42 Å². The second-order valence-corrected chi connectivity index (χ2v) is 4.35. The molecule has 0 saturated carbocycles. The second kappa shape index (κ2) is 9.80. The summed E-state index contributed by atoms with van der Waals surface area (Å²) >= 11 is 0. The molecule has 0 aromatic heterocycles. The van der Waals surface area contributed by atoms with Gasteiger partial charge in [-0.25, -0.2) is 0 Å². The van der Waals surface area contributed by atoms with Crippen molar-refractivity contribution in [3.63, 3.8) is 0 Å². The molecule has 1 aliphatic rings. The zero-order valence-corrected chi connectivity index (χ0v) is 14.0. The molecule has 1 fully saturated rings. The molecule has 0 aromatic carbocycles. The highest BCUT2D eigenvalue weighted by Gasteiger charge is 2.32. The number of nitrogens with one attached hydrogen (secondary N) is 2. The zero-order chi connectivity index (χ0) is 12.6. The first-order valence-corrected chi connectivity index (χ1v) is 6.34. The molecule has 1 saturated heterocycles. The van der Waals surface area contributed by atoms with Gasteiger partial charge in [-0.15, -0.1) is 24.0 Å². The topological polar surface area (TPSA) is 54.9 Å². The molecule has 1 aliphatic heterocycles. The van der Waals surface area contributed by atoms with Crippen LogP contribution in [0.15, 0.2) is 4.99 Å². The summed E-state index contributed by atoms with van der Waals surface area (Å²) in [6.07, 6.45) is 2.95. The van der Waals surface area contributed by atoms with Crippen molar-refractivity contribution in [2.24, 2.45) is 4.99 Å². The van der Waals surface area contributed by atoms with E-state index in [2.05, 4.69) is 22.5 Å². The predicted octanol–water partition coefficient (Wildman–Crippen LogP) is 1.37. The summed E-state index contributed by atoms with van der Waals surface area (Å²) < 4.78 is 11.0. The lowest BCUT2D eigenvalue weighted by atomic mass is 9.94. The number of rotatable bonds is 5. The third-order valence-corrected chi connectivity index (χ3v) is 3.18. The summed E-state index contributed by atoms with van der Waals surface area (Å²) in [5.74, 6) is 0.842. The standard InChI is InChI=1S/C12H25N3O2.HI/c1-4-7-14-11(13-2)15-10-12(16-3)5-8-17-9-6-12;/h4-10H2,1-3H3,(H2,13,14,15);1H. The zero-order valence-electron chi connectivity index (χ0n) is 11.6. The van der Waals surface area contributed by atoms with E-state index < -0.39 is 0 Å². The van der Waals surface area contributed by atoms with Gasteiger partial charge in [0, 0.05) is 53.3 Å². The number of methoxy groups -OCH3 is 1. The molecule has 0 spiro atoms. The highest BCUT2D eigenvalue weighted by molar-refractivity contribution is 14.0. The van der Waals surface area contributed by atoms with Gasteiger partial charge in [0.05, 0.1) is 5.60 Å². The van der Waals surface area contributed by atoms with Crippen molar-refractivity contribution in [3.05, 3.63) is 0 Å². The Hall–Kier alpha value is -0.0800. The van der Waals surface area contributed by atoms with Gasteiger partial charge in [-0.1, -0.05) is 6.92 Å². The largest absolute Gasteiger partial charge is 0.381 e. The SMILES string of the molecule is CCCNC(=NC)NCC1(OC)CCOCC1.I. The minimum atomic E-state index is -0.109. The van der Waals surface area contributed by atoms with Crippen LogP contribution >= 0.6 is 24.0 Å². The molecule has 18 heavy (non-hydrogen) atoms. The molecule has 0 unspecified atom stereocenters. The second-order valence-electron chi connectivity index (χ2n) is 4.35. The van der Waals surface area contributed by atoms with E-state index in [9.17, 15) is 0 Å². The molecule has 108 valence electrons. The highest BCUT2D eigenvalue weighted by Crippen LogP contribution is 2.23. The van der Waals surface area contributed by atoms with Crippen molar-refractivity contribution in [3.8, 4) is 0 Å². The average molecular weight is 371 g/mol. The third-order valence-electron chi connectivity index (χ3n) is 3.18. The number of hydrogen-bond donors (Lipinski definition) is 2. The van der Waals surface area contributed by atoms with Gasteiger partial charge in [0.1, 0.15) is 0 Å².